The lowest BCUT2D eigenvalue weighted by atomic mass is 10.1. The summed E-state index contributed by atoms with van der Waals surface area (Å²) in [7, 11) is -4.44. The Kier molecular flexibility index (Phi) is 6.21. The summed E-state index contributed by atoms with van der Waals surface area (Å²) in [5.74, 6) is -0.563. The highest BCUT2D eigenvalue weighted by atomic mass is 35.5. The summed E-state index contributed by atoms with van der Waals surface area (Å²) in [6.45, 7) is 1.46. The molecule has 1 aromatic heterocycles. The summed E-state index contributed by atoms with van der Waals surface area (Å²) in [4.78, 5) is 11.8. The van der Waals surface area contributed by atoms with Gasteiger partial charge in [0.15, 0.2) is 0 Å². The minimum Gasteiger partial charge on any atom is -0.361 e. The number of amides is 1. The Hall–Kier alpha value is -2.76. The molecule has 0 radical (unpaired) electrons. The molecule has 0 aliphatic heterocycles. The molecule has 0 bridgehead atoms. The number of aryl methyl sites for hydroxylation is 1. The Labute approximate surface area is 184 Å². The minimum atomic E-state index is -4.93. The molecule has 0 aliphatic rings. The van der Waals surface area contributed by atoms with E-state index in [0.29, 0.717) is 6.07 Å². The number of aromatic nitrogens is 1. The third-order valence-electron chi connectivity index (χ3n) is 3.97. The van der Waals surface area contributed by atoms with Crippen LogP contribution in [0.15, 0.2) is 52.0 Å². The summed E-state index contributed by atoms with van der Waals surface area (Å²) in [5, 5.41) is 5.69. The Morgan fingerprint density at radius 1 is 1.10 bits per heavy atom. The molecular formula is C18H12Cl2F3N3O4S. The van der Waals surface area contributed by atoms with Gasteiger partial charge in [0.1, 0.15) is 11.3 Å². The van der Waals surface area contributed by atoms with Gasteiger partial charge in [0, 0.05) is 15.7 Å². The molecule has 0 saturated heterocycles. The van der Waals surface area contributed by atoms with Gasteiger partial charge < -0.3 is 9.84 Å². The van der Waals surface area contributed by atoms with Crippen LogP contribution in [0.4, 0.5) is 24.5 Å². The van der Waals surface area contributed by atoms with Crippen LogP contribution in [0, 0.1) is 6.92 Å². The smallest absolute Gasteiger partial charge is 0.361 e. The lowest BCUT2D eigenvalue weighted by Crippen LogP contribution is -2.18. The summed E-state index contributed by atoms with van der Waals surface area (Å²) in [6.07, 6.45) is -3.81. The van der Waals surface area contributed by atoms with E-state index in [-0.39, 0.29) is 27.1 Å². The van der Waals surface area contributed by atoms with Gasteiger partial charge in [0.2, 0.25) is 0 Å². The Morgan fingerprint density at radius 3 is 2.29 bits per heavy atom. The standard InChI is InChI=1S/C18H12Cl2F3N3O4S/c1-9-14(8-24-30-9)17(27)25-12-2-3-16(15(7-12)18(21,22)23)26-31(28,29)13-5-10(19)4-11(20)6-13/h2-8,26H,1H3,(H,25,27). The van der Waals surface area contributed by atoms with Crippen molar-refractivity contribution >= 4 is 50.5 Å². The highest BCUT2D eigenvalue weighted by Gasteiger charge is 2.35. The van der Waals surface area contributed by atoms with Crippen LogP contribution >= 0.6 is 23.2 Å². The predicted molar refractivity (Wildman–Crippen MR) is 108 cm³/mol. The van der Waals surface area contributed by atoms with Crippen molar-refractivity contribution in [2.24, 2.45) is 0 Å². The van der Waals surface area contributed by atoms with E-state index in [0.717, 1.165) is 30.5 Å². The number of hydrogen-bond donors (Lipinski definition) is 2. The molecule has 3 rings (SSSR count). The van der Waals surface area contributed by atoms with Gasteiger partial charge in [-0.1, -0.05) is 28.4 Å². The van der Waals surface area contributed by atoms with Crippen molar-refractivity contribution in [1.29, 1.82) is 0 Å². The molecule has 0 atom stereocenters. The van der Waals surface area contributed by atoms with Gasteiger partial charge in [-0.05, 0) is 43.3 Å². The van der Waals surface area contributed by atoms with Crippen LogP contribution in [0.1, 0.15) is 21.7 Å². The second kappa shape index (κ2) is 8.40. The first-order valence-corrected chi connectivity index (χ1v) is 10.5. The topological polar surface area (TPSA) is 101 Å². The van der Waals surface area contributed by atoms with Crippen LogP contribution < -0.4 is 10.0 Å². The molecule has 0 saturated carbocycles. The Morgan fingerprint density at radius 2 is 1.74 bits per heavy atom. The number of rotatable bonds is 5. The molecule has 7 nitrogen and oxygen atoms in total. The van der Waals surface area contributed by atoms with E-state index in [1.165, 1.54) is 13.0 Å². The monoisotopic (exact) mass is 493 g/mol. The van der Waals surface area contributed by atoms with E-state index in [1.54, 1.807) is 0 Å². The van der Waals surface area contributed by atoms with Crippen molar-refractivity contribution < 1.29 is 30.9 Å². The molecule has 0 aliphatic carbocycles. The van der Waals surface area contributed by atoms with E-state index >= 15 is 0 Å². The lowest BCUT2D eigenvalue weighted by Gasteiger charge is -2.17. The third kappa shape index (κ3) is 5.30. The maximum atomic E-state index is 13.6. The highest BCUT2D eigenvalue weighted by molar-refractivity contribution is 7.92. The van der Waals surface area contributed by atoms with Crippen LogP contribution in [0.3, 0.4) is 0 Å². The maximum absolute atomic E-state index is 13.6. The molecule has 164 valence electrons. The predicted octanol–water partition coefficient (Wildman–Crippen LogP) is 5.36. The van der Waals surface area contributed by atoms with E-state index < -0.39 is 38.3 Å². The number of halogens is 5. The number of carbonyl (C=O) groups excluding carboxylic acids is 1. The van der Waals surface area contributed by atoms with E-state index in [1.807, 2.05) is 4.72 Å². The second-order valence-corrected chi connectivity index (χ2v) is 8.77. The molecule has 0 spiro atoms. The highest BCUT2D eigenvalue weighted by Crippen LogP contribution is 2.38. The molecule has 0 fully saturated rings. The number of hydrogen-bond acceptors (Lipinski definition) is 5. The Bertz CT molecular complexity index is 1240. The van der Waals surface area contributed by atoms with Crippen molar-refractivity contribution in [2.75, 3.05) is 10.0 Å². The van der Waals surface area contributed by atoms with Gasteiger partial charge in [-0.15, -0.1) is 0 Å². The van der Waals surface area contributed by atoms with Gasteiger partial charge in [-0.3, -0.25) is 9.52 Å². The number of alkyl halides is 3. The minimum absolute atomic E-state index is 0.00832. The van der Waals surface area contributed by atoms with Gasteiger partial charge in [-0.25, -0.2) is 8.42 Å². The first-order valence-electron chi connectivity index (χ1n) is 8.29. The third-order valence-corrected chi connectivity index (χ3v) is 5.75. The fourth-order valence-corrected chi connectivity index (χ4v) is 4.35. The van der Waals surface area contributed by atoms with Crippen molar-refractivity contribution in [2.45, 2.75) is 18.0 Å². The SMILES string of the molecule is Cc1oncc1C(=O)Nc1ccc(NS(=O)(=O)c2cc(Cl)cc(Cl)c2)c(C(F)(F)F)c1. The molecule has 31 heavy (non-hydrogen) atoms. The molecule has 0 unspecified atom stereocenters. The molecule has 1 amide bonds. The zero-order valence-corrected chi connectivity index (χ0v) is 17.7. The zero-order valence-electron chi connectivity index (χ0n) is 15.4. The summed E-state index contributed by atoms with van der Waals surface area (Å²) in [5.41, 5.74) is -2.24. The Balaban J connectivity index is 1.95. The van der Waals surface area contributed by atoms with Gasteiger partial charge in [-0.2, -0.15) is 13.2 Å². The molecular weight excluding hydrogens is 482 g/mol. The molecule has 3 aromatic rings. The largest absolute Gasteiger partial charge is 0.418 e. The molecule has 2 aromatic carbocycles. The quantitative estimate of drug-likeness (QED) is 0.497. The van der Waals surface area contributed by atoms with E-state index in [9.17, 15) is 26.4 Å². The van der Waals surface area contributed by atoms with Crippen LogP contribution in [-0.4, -0.2) is 19.5 Å². The first-order chi connectivity index (χ1) is 14.4. The summed E-state index contributed by atoms with van der Waals surface area (Å²) < 4.78 is 72.5. The summed E-state index contributed by atoms with van der Waals surface area (Å²) >= 11 is 11.6. The van der Waals surface area contributed by atoms with Crippen molar-refractivity contribution in [3.63, 3.8) is 0 Å². The number of anilines is 2. The van der Waals surface area contributed by atoms with Crippen LogP contribution in [-0.2, 0) is 16.2 Å². The fourth-order valence-electron chi connectivity index (χ4n) is 2.55. The van der Waals surface area contributed by atoms with Gasteiger partial charge >= 0.3 is 6.18 Å². The zero-order chi connectivity index (χ0) is 23.0. The molecule has 2 N–H and O–H groups in total. The van der Waals surface area contributed by atoms with E-state index in [2.05, 4.69) is 10.5 Å². The van der Waals surface area contributed by atoms with Crippen molar-refractivity contribution in [3.05, 3.63) is 69.5 Å². The second-order valence-electron chi connectivity index (χ2n) is 6.22. The van der Waals surface area contributed by atoms with Crippen molar-refractivity contribution in [3.8, 4) is 0 Å². The number of sulfonamides is 1. The van der Waals surface area contributed by atoms with Crippen molar-refractivity contribution in [1.82, 2.24) is 5.16 Å². The maximum Gasteiger partial charge on any atom is 0.418 e. The fraction of sp³-hybridized carbons (Fsp3) is 0.111. The molecule has 13 heteroatoms. The van der Waals surface area contributed by atoms with Gasteiger partial charge in [0.25, 0.3) is 15.9 Å². The lowest BCUT2D eigenvalue weighted by molar-refractivity contribution is -0.136. The number of nitrogens with zero attached hydrogens (tertiary/aromatic N) is 1. The van der Waals surface area contributed by atoms with Gasteiger partial charge in [0.05, 0.1) is 22.3 Å². The van der Waals surface area contributed by atoms with Crippen LogP contribution in [0.25, 0.3) is 0 Å². The number of benzene rings is 2. The molecule has 1 heterocycles. The normalized spacial score (nSPS) is 11.9. The summed E-state index contributed by atoms with van der Waals surface area (Å²) in [6, 6.07) is 5.95. The van der Waals surface area contributed by atoms with Crippen LogP contribution in [0.5, 0.6) is 0 Å². The average Bonchev–Trinajstić information content (AvgIpc) is 3.07. The number of nitrogens with one attached hydrogen (secondary N) is 2. The van der Waals surface area contributed by atoms with Crippen LogP contribution in [0.2, 0.25) is 10.0 Å². The number of carbonyl (C=O) groups is 1. The van der Waals surface area contributed by atoms with E-state index in [4.69, 9.17) is 27.7 Å². The average molecular weight is 494 g/mol. The first kappa shape index (κ1) is 22.9.